The summed E-state index contributed by atoms with van der Waals surface area (Å²) in [5.74, 6) is 0.478. The highest BCUT2D eigenvalue weighted by molar-refractivity contribution is 5.85. The van der Waals surface area contributed by atoms with Crippen molar-refractivity contribution in [1.29, 1.82) is 0 Å². The molecule has 1 saturated heterocycles. The highest BCUT2D eigenvalue weighted by Gasteiger charge is 2.31. The van der Waals surface area contributed by atoms with E-state index in [4.69, 9.17) is 0 Å². The van der Waals surface area contributed by atoms with Gasteiger partial charge in [0.2, 0.25) is 5.91 Å². The van der Waals surface area contributed by atoms with Crippen molar-refractivity contribution in [3.05, 3.63) is 83.4 Å². The largest absolute Gasteiger partial charge is 0.338 e. The van der Waals surface area contributed by atoms with Gasteiger partial charge in [-0.05, 0) is 53.3 Å². The highest BCUT2D eigenvalue weighted by atomic mass is 16.2. The van der Waals surface area contributed by atoms with Gasteiger partial charge in [0, 0.05) is 26.2 Å². The number of carbonyl (C=O) groups is 1. The summed E-state index contributed by atoms with van der Waals surface area (Å²) in [7, 11) is 0. The quantitative estimate of drug-likeness (QED) is 0.657. The molecule has 3 aromatic carbocycles. The summed E-state index contributed by atoms with van der Waals surface area (Å²) < 4.78 is 0. The van der Waals surface area contributed by atoms with Gasteiger partial charge in [-0.15, -0.1) is 0 Å². The van der Waals surface area contributed by atoms with Crippen LogP contribution in [0.1, 0.15) is 29.5 Å². The zero-order chi connectivity index (χ0) is 19.6. The van der Waals surface area contributed by atoms with Gasteiger partial charge >= 0.3 is 0 Å². The molecule has 0 aromatic heterocycles. The van der Waals surface area contributed by atoms with Crippen molar-refractivity contribution < 1.29 is 4.79 Å². The van der Waals surface area contributed by atoms with E-state index in [1.165, 1.54) is 27.5 Å². The lowest BCUT2D eigenvalue weighted by Crippen LogP contribution is -2.46. The van der Waals surface area contributed by atoms with Crippen molar-refractivity contribution >= 4 is 16.7 Å². The van der Waals surface area contributed by atoms with Crippen LogP contribution in [0.3, 0.4) is 0 Å². The van der Waals surface area contributed by atoms with E-state index in [1.54, 1.807) is 0 Å². The second-order valence-electron chi connectivity index (χ2n) is 8.49. The summed E-state index contributed by atoms with van der Waals surface area (Å²) in [6.45, 7) is 4.51. The molecule has 1 amide bonds. The van der Waals surface area contributed by atoms with E-state index in [2.05, 4.69) is 76.5 Å². The standard InChI is InChI=1S/C26H28N2O/c29-26(28-16-14-20-7-1-2-9-22(20)19-28)24-12-6-15-27(18-24)17-23-11-5-10-21-8-3-4-13-25(21)23/h1-5,7-11,13,24H,6,12,14-19H2/t24-/m0/s1. The van der Waals surface area contributed by atoms with Crippen LogP contribution in [0.2, 0.25) is 0 Å². The molecule has 3 heteroatoms. The van der Waals surface area contributed by atoms with Gasteiger partial charge in [-0.3, -0.25) is 9.69 Å². The van der Waals surface area contributed by atoms with Crippen molar-refractivity contribution in [2.24, 2.45) is 5.92 Å². The van der Waals surface area contributed by atoms with E-state index in [1.807, 2.05) is 0 Å². The van der Waals surface area contributed by atoms with Crippen molar-refractivity contribution in [2.75, 3.05) is 19.6 Å². The molecule has 1 atom stereocenters. The maximum absolute atomic E-state index is 13.3. The highest BCUT2D eigenvalue weighted by Crippen LogP contribution is 2.26. The Morgan fingerprint density at radius 2 is 1.69 bits per heavy atom. The van der Waals surface area contributed by atoms with Gasteiger partial charge < -0.3 is 4.90 Å². The molecule has 5 rings (SSSR count). The number of nitrogens with zero attached hydrogens (tertiary/aromatic N) is 2. The Labute approximate surface area is 172 Å². The molecule has 0 unspecified atom stereocenters. The van der Waals surface area contributed by atoms with Crippen molar-refractivity contribution in [3.63, 3.8) is 0 Å². The number of rotatable bonds is 3. The van der Waals surface area contributed by atoms with Gasteiger partial charge in [0.1, 0.15) is 0 Å². The number of amides is 1. The maximum Gasteiger partial charge on any atom is 0.227 e. The fraction of sp³-hybridized carbons (Fsp3) is 0.346. The third kappa shape index (κ3) is 3.79. The van der Waals surface area contributed by atoms with Crippen LogP contribution in [-0.2, 0) is 24.3 Å². The van der Waals surface area contributed by atoms with Crippen LogP contribution in [-0.4, -0.2) is 35.3 Å². The monoisotopic (exact) mass is 384 g/mol. The lowest BCUT2D eigenvalue weighted by Gasteiger charge is -2.37. The topological polar surface area (TPSA) is 23.6 Å². The molecule has 2 aliphatic rings. The molecule has 0 spiro atoms. The average Bonchev–Trinajstić information content (AvgIpc) is 2.79. The molecule has 0 radical (unpaired) electrons. The summed E-state index contributed by atoms with van der Waals surface area (Å²) >= 11 is 0. The number of likely N-dealkylation sites (tertiary alicyclic amines) is 1. The van der Waals surface area contributed by atoms with E-state index in [9.17, 15) is 4.79 Å². The Morgan fingerprint density at radius 1 is 0.897 bits per heavy atom. The Kier molecular flexibility index (Phi) is 5.07. The Balaban J connectivity index is 1.28. The third-order valence-electron chi connectivity index (χ3n) is 6.57. The number of fused-ring (bicyclic) bond motifs is 2. The first-order valence-electron chi connectivity index (χ1n) is 10.8. The summed E-state index contributed by atoms with van der Waals surface area (Å²) in [6, 6.07) is 23.7. The first-order valence-corrected chi connectivity index (χ1v) is 10.8. The van der Waals surface area contributed by atoms with Crippen molar-refractivity contribution in [1.82, 2.24) is 9.80 Å². The molecule has 29 heavy (non-hydrogen) atoms. The number of hydrogen-bond acceptors (Lipinski definition) is 2. The van der Waals surface area contributed by atoms with Gasteiger partial charge in [-0.1, -0.05) is 66.7 Å². The number of hydrogen-bond donors (Lipinski definition) is 0. The fourth-order valence-corrected chi connectivity index (χ4v) is 5.01. The van der Waals surface area contributed by atoms with E-state index in [0.29, 0.717) is 5.91 Å². The molecule has 0 N–H and O–H groups in total. The summed E-state index contributed by atoms with van der Waals surface area (Å²) in [5, 5.41) is 2.62. The van der Waals surface area contributed by atoms with Gasteiger partial charge in [-0.25, -0.2) is 0 Å². The minimum Gasteiger partial charge on any atom is -0.338 e. The predicted molar refractivity (Wildman–Crippen MR) is 118 cm³/mol. The lowest BCUT2D eigenvalue weighted by molar-refractivity contribution is -0.138. The molecule has 148 valence electrons. The number of piperidine rings is 1. The minimum atomic E-state index is 0.129. The second kappa shape index (κ2) is 8.00. The maximum atomic E-state index is 13.3. The SMILES string of the molecule is O=C([C@H]1CCCN(Cc2cccc3ccccc23)C1)N1CCc2ccccc2C1. The van der Waals surface area contributed by atoms with Crippen LogP contribution in [0.4, 0.5) is 0 Å². The molecule has 2 aliphatic heterocycles. The lowest BCUT2D eigenvalue weighted by atomic mass is 9.93. The number of carbonyl (C=O) groups excluding carboxylic acids is 1. The van der Waals surface area contributed by atoms with Gasteiger partial charge in [0.15, 0.2) is 0 Å². The Hall–Kier alpha value is -2.65. The summed E-state index contributed by atoms with van der Waals surface area (Å²) in [4.78, 5) is 17.8. The van der Waals surface area contributed by atoms with Crippen LogP contribution >= 0.6 is 0 Å². The average molecular weight is 385 g/mol. The molecular weight excluding hydrogens is 356 g/mol. The van der Waals surface area contributed by atoms with Crippen LogP contribution < -0.4 is 0 Å². The first kappa shape index (κ1) is 18.4. The molecule has 3 aromatic rings. The van der Waals surface area contributed by atoms with E-state index in [-0.39, 0.29) is 5.92 Å². The summed E-state index contributed by atoms with van der Waals surface area (Å²) in [5.41, 5.74) is 4.08. The molecular formula is C26H28N2O. The Morgan fingerprint density at radius 3 is 2.62 bits per heavy atom. The summed E-state index contributed by atoms with van der Waals surface area (Å²) in [6.07, 6.45) is 3.10. The van der Waals surface area contributed by atoms with Gasteiger partial charge in [0.25, 0.3) is 0 Å². The van der Waals surface area contributed by atoms with Crippen LogP contribution in [0.25, 0.3) is 10.8 Å². The van der Waals surface area contributed by atoms with Gasteiger partial charge in [0.05, 0.1) is 5.92 Å². The zero-order valence-corrected chi connectivity index (χ0v) is 16.9. The van der Waals surface area contributed by atoms with Gasteiger partial charge in [-0.2, -0.15) is 0 Å². The van der Waals surface area contributed by atoms with Crippen molar-refractivity contribution in [2.45, 2.75) is 32.4 Å². The second-order valence-corrected chi connectivity index (χ2v) is 8.49. The van der Waals surface area contributed by atoms with E-state index >= 15 is 0 Å². The first-order chi connectivity index (χ1) is 14.3. The van der Waals surface area contributed by atoms with Crippen LogP contribution in [0.5, 0.6) is 0 Å². The third-order valence-corrected chi connectivity index (χ3v) is 6.57. The molecule has 1 fully saturated rings. The van der Waals surface area contributed by atoms with Crippen LogP contribution in [0, 0.1) is 5.92 Å². The molecule has 0 bridgehead atoms. The molecule has 0 saturated carbocycles. The van der Waals surface area contributed by atoms with E-state index in [0.717, 1.165) is 52.0 Å². The zero-order valence-electron chi connectivity index (χ0n) is 16.9. The predicted octanol–water partition coefficient (Wildman–Crippen LogP) is 4.64. The van der Waals surface area contributed by atoms with E-state index < -0.39 is 0 Å². The fourth-order valence-electron chi connectivity index (χ4n) is 5.01. The molecule has 3 nitrogen and oxygen atoms in total. The molecule has 2 heterocycles. The minimum absolute atomic E-state index is 0.129. The van der Waals surface area contributed by atoms with Crippen molar-refractivity contribution in [3.8, 4) is 0 Å². The number of benzene rings is 3. The van der Waals surface area contributed by atoms with Crippen LogP contribution in [0.15, 0.2) is 66.7 Å². The Bertz CT molecular complexity index is 1020. The molecule has 0 aliphatic carbocycles. The smallest absolute Gasteiger partial charge is 0.227 e. The normalized spacial score (nSPS) is 19.9.